The van der Waals surface area contributed by atoms with Gasteiger partial charge in [-0.3, -0.25) is 4.79 Å². The molecule has 0 aliphatic heterocycles. The average molecular weight is 394 g/mol. The highest BCUT2D eigenvalue weighted by molar-refractivity contribution is 6.30. The van der Waals surface area contributed by atoms with Crippen molar-refractivity contribution in [1.82, 2.24) is 0 Å². The van der Waals surface area contributed by atoms with Crippen LogP contribution >= 0.6 is 11.6 Å². The van der Waals surface area contributed by atoms with Crippen molar-refractivity contribution in [1.29, 1.82) is 0 Å². The lowest BCUT2D eigenvalue weighted by Gasteiger charge is -2.07. The number of nitrogens with zero attached hydrogens (tertiary/aromatic N) is 2. The first-order valence-corrected chi connectivity index (χ1v) is 8.74. The van der Waals surface area contributed by atoms with Crippen LogP contribution in [-0.2, 0) is 4.84 Å². The number of carbonyl (C=O) groups excluding carboxylic acids is 2. The lowest BCUT2D eigenvalue weighted by Crippen LogP contribution is -2.10. The van der Waals surface area contributed by atoms with Crippen LogP contribution < -0.4 is 5.48 Å². The normalized spacial score (nSPS) is 10.6. The second-order valence-electron chi connectivity index (χ2n) is 5.92. The molecule has 0 aliphatic carbocycles. The molecule has 0 aliphatic rings. The fraction of sp³-hybridized carbons (Fsp3) is 0.0476. The minimum Gasteiger partial charge on any atom is -0.338 e. The Bertz CT molecular complexity index is 1020. The van der Waals surface area contributed by atoms with Crippen molar-refractivity contribution >= 4 is 34.9 Å². The number of anilines is 1. The molecule has 0 saturated carbocycles. The zero-order valence-electron chi connectivity index (χ0n) is 14.9. The topological polar surface area (TPSA) is 80.1 Å². The van der Waals surface area contributed by atoms with Gasteiger partial charge in [-0.1, -0.05) is 29.3 Å². The summed E-state index contributed by atoms with van der Waals surface area (Å²) in [5, 5.41) is 8.13. The fourth-order valence-electron chi connectivity index (χ4n) is 2.29. The number of rotatable bonds is 5. The summed E-state index contributed by atoms with van der Waals surface area (Å²) < 4.78 is 0. The van der Waals surface area contributed by atoms with Gasteiger partial charge in [-0.2, -0.15) is 0 Å². The van der Waals surface area contributed by atoms with E-state index >= 15 is 0 Å². The maximum absolute atomic E-state index is 12.0. The smallest absolute Gasteiger partial charge is 0.338 e. The molecule has 0 radical (unpaired) electrons. The molecular weight excluding hydrogens is 378 g/mol. The first kappa shape index (κ1) is 19.3. The number of amides is 1. The Morgan fingerprint density at radius 3 is 2.32 bits per heavy atom. The summed E-state index contributed by atoms with van der Waals surface area (Å²) in [4.78, 5) is 29.0. The Balaban J connectivity index is 1.56. The highest BCUT2D eigenvalue weighted by atomic mass is 35.5. The van der Waals surface area contributed by atoms with Gasteiger partial charge in [0.15, 0.2) is 0 Å². The van der Waals surface area contributed by atoms with Crippen molar-refractivity contribution < 1.29 is 14.4 Å². The van der Waals surface area contributed by atoms with Gasteiger partial charge in [0.25, 0.3) is 5.91 Å². The number of hydrogen-bond acceptors (Lipinski definition) is 5. The van der Waals surface area contributed by atoms with Crippen LogP contribution in [0.5, 0.6) is 0 Å². The number of halogens is 1. The monoisotopic (exact) mass is 393 g/mol. The number of nitrogens with one attached hydrogen (secondary N) is 1. The van der Waals surface area contributed by atoms with E-state index in [1.165, 1.54) is 0 Å². The van der Waals surface area contributed by atoms with Gasteiger partial charge in [0.05, 0.1) is 16.9 Å². The molecule has 6 nitrogen and oxygen atoms in total. The summed E-state index contributed by atoms with van der Waals surface area (Å²) >= 11 is 5.79. The molecule has 28 heavy (non-hydrogen) atoms. The quantitative estimate of drug-likeness (QED) is 0.441. The first-order valence-electron chi connectivity index (χ1n) is 8.37. The lowest BCUT2D eigenvalue weighted by atomic mass is 10.1. The van der Waals surface area contributed by atoms with Gasteiger partial charge in [0.2, 0.25) is 0 Å². The van der Waals surface area contributed by atoms with Crippen molar-refractivity contribution in [2.45, 2.75) is 6.92 Å². The summed E-state index contributed by atoms with van der Waals surface area (Å²) in [6, 6.07) is 20.1. The molecule has 3 aromatic carbocycles. The third kappa shape index (κ3) is 5.25. The molecule has 0 fully saturated rings. The molecular formula is C21H16ClN3O3. The zero-order chi connectivity index (χ0) is 19.9. The Kier molecular flexibility index (Phi) is 6.14. The van der Waals surface area contributed by atoms with E-state index in [0.717, 1.165) is 5.56 Å². The second kappa shape index (κ2) is 8.92. The van der Waals surface area contributed by atoms with E-state index in [1.807, 2.05) is 13.0 Å². The molecule has 0 unspecified atom stereocenters. The minimum atomic E-state index is -0.485. The summed E-state index contributed by atoms with van der Waals surface area (Å²) in [7, 11) is 0. The summed E-state index contributed by atoms with van der Waals surface area (Å²) in [6.07, 6.45) is 0. The predicted molar refractivity (Wildman–Crippen MR) is 107 cm³/mol. The van der Waals surface area contributed by atoms with Gasteiger partial charge >= 0.3 is 5.97 Å². The van der Waals surface area contributed by atoms with Crippen molar-refractivity contribution in [3.05, 3.63) is 94.5 Å². The third-order valence-electron chi connectivity index (χ3n) is 3.73. The van der Waals surface area contributed by atoms with Crippen molar-refractivity contribution in [3.8, 4) is 0 Å². The van der Waals surface area contributed by atoms with E-state index in [2.05, 4.69) is 15.7 Å². The molecule has 140 valence electrons. The summed E-state index contributed by atoms with van der Waals surface area (Å²) in [5.74, 6) is -0.952. The zero-order valence-corrected chi connectivity index (χ0v) is 15.7. The molecule has 3 rings (SSSR count). The van der Waals surface area contributed by atoms with Crippen LogP contribution in [-0.4, -0.2) is 11.9 Å². The molecule has 0 saturated heterocycles. The molecule has 0 aromatic heterocycles. The molecule has 0 atom stereocenters. The SMILES string of the molecule is Cc1cccc(C(=O)ONc2ccc(N=NC(=O)c3ccc(Cl)cc3)cc2)c1. The van der Waals surface area contributed by atoms with E-state index in [-0.39, 0.29) is 0 Å². The number of carbonyl (C=O) groups is 2. The maximum Gasteiger partial charge on any atom is 0.362 e. The van der Waals surface area contributed by atoms with E-state index in [0.29, 0.717) is 27.5 Å². The molecule has 3 aromatic rings. The standard InChI is InChI=1S/C21H16ClN3O3/c1-14-3-2-4-16(13-14)21(27)28-25-19-11-9-18(10-12-19)23-24-20(26)15-5-7-17(22)8-6-15/h2-13,25H,1H3. The van der Waals surface area contributed by atoms with Gasteiger partial charge < -0.3 is 4.84 Å². The van der Waals surface area contributed by atoms with E-state index in [4.69, 9.17) is 16.4 Å². The number of azo groups is 1. The molecule has 0 heterocycles. The molecule has 7 heteroatoms. The van der Waals surface area contributed by atoms with Gasteiger partial charge in [-0.15, -0.1) is 10.2 Å². The Morgan fingerprint density at radius 2 is 1.64 bits per heavy atom. The second-order valence-corrected chi connectivity index (χ2v) is 6.36. The maximum atomic E-state index is 12.0. The largest absolute Gasteiger partial charge is 0.362 e. The van der Waals surface area contributed by atoms with Crippen molar-refractivity contribution in [2.75, 3.05) is 5.48 Å². The first-order chi connectivity index (χ1) is 13.5. The van der Waals surface area contributed by atoms with Crippen LogP contribution in [0.2, 0.25) is 5.02 Å². The third-order valence-corrected chi connectivity index (χ3v) is 3.98. The van der Waals surface area contributed by atoms with Crippen LogP contribution in [0.1, 0.15) is 26.3 Å². The Labute approximate surface area is 166 Å². The van der Waals surface area contributed by atoms with E-state index in [1.54, 1.807) is 66.7 Å². The van der Waals surface area contributed by atoms with Crippen LogP contribution in [0.4, 0.5) is 11.4 Å². The summed E-state index contributed by atoms with van der Waals surface area (Å²) in [6.45, 7) is 1.90. The average Bonchev–Trinajstić information content (AvgIpc) is 2.71. The van der Waals surface area contributed by atoms with Crippen LogP contribution in [0.25, 0.3) is 0 Å². The highest BCUT2D eigenvalue weighted by Gasteiger charge is 2.07. The van der Waals surface area contributed by atoms with Gasteiger partial charge in [0, 0.05) is 10.6 Å². The van der Waals surface area contributed by atoms with E-state index < -0.39 is 11.9 Å². The van der Waals surface area contributed by atoms with Crippen molar-refractivity contribution in [2.24, 2.45) is 10.2 Å². The van der Waals surface area contributed by atoms with Gasteiger partial charge in [0.1, 0.15) is 0 Å². The predicted octanol–water partition coefficient (Wildman–Crippen LogP) is 5.76. The van der Waals surface area contributed by atoms with Crippen LogP contribution in [0.15, 0.2) is 83.0 Å². The minimum absolute atomic E-state index is 0.398. The van der Waals surface area contributed by atoms with Crippen molar-refractivity contribution in [3.63, 3.8) is 0 Å². The fourth-order valence-corrected chi connectivity index (χ4v) is 2.41. The Morgan fingerprint density at radius 1 is 0.929 bits per heavy atom. The van der Waals surface area contributed by atoms with Crippen LogP contribution in [0, 0.1) is 6.92 Å². The van der Waals surface area contributed by atoms with Gasteiger partial charge in [-0.05, 0) is 67.6 Å². The Hall–Kier alpha value is -3.51. The molecule has 0 spiro atoms. The summed E-state index contributed by atoms with van der Waals surface area (Å²) in [5.41, 5.74) is 5.45. The molecule has 1 N–H and O–H groups in total. The lowest BCUT2D eigenvalue weighted by molar-refractivity contribution is 0.0596. The van der Waals surface area contributed by atoms with Gasteiger partial charge in [-0.25, -0.2) is 10.3 Å². The molecule has 0 bridgehead atoms. The number of hydrogen-bond donors (Lipinski definition) is 1. The van der Waals surface area contributed by atoms with E-state index in [9.17, 15) is 9.59 Å². The number of benzene rings is 3. The van der Waals surface area contributed by atoms with Crippen LogP contribution in [0.3, 0.4) is 0 Å². The highest BCUT2D eigenvalue weighted by Crippen LogP contribution is 2.18. The molecule has 1 amide bonds. The number of aryl methyl sites for hydroxylation is 1.